The number of benzene rings is 2. The molecule has 1 amide bonds. The number of fused-ring (bicyclic) bond motifs is 1. The maximum absolute atomic E-state index is 14.5. The Morgan fingerprint density at radius 3 is 2.55 bits per heavy atom. The van der Waals surface area contributed by atoms with Crippen LogP contribution in [0.3, 0.4) is 0 Å². The summed E-state index contributed by atoms with van der Waals surface area (Å²) in [5.41, 5.74) is 2.84. The first-order valence-corrected chi connectivity index (χ1v) is 12.0. The molecule has 2 aromatic rings. The first-order valence-electron chi connectivity index (χ1n) is 10.4. The van der Waals surface area contributed by atoms with E-state index in [-0.39, 0.29) is 11.6 Å². The fourth-order valence-electron chi connectivity index (χ4n) is 4.19. The number of nitrogens with one attached hydrogen (secondary N) is 2. The Morgan fingerprint density at radius 2 is 1.90 bits per heavy atom. The van der Waals surface area contributed by atoms with E-state index in [9.17, 15) is 17.6 Å². The third-order valence-electron chi connectivity index (χ3n) is 6.10. The van der Waals surface area contributed by atoms with E-state index in [1.165, 1.54) is 6.07 Å². The van der Waals surface area contributed by atoms with Gasteiger partial charge in [0.2, 0.25) is 10.0 Å². The molecule has 8 heteroatoms. The van der Waals surface area contributed by atoms with Crippen LogP contribution >= 0.6 is 0 Å². The number of hydrogen-bond donors (Lipinski definition) is 2. The molecule has 0 bridgehead atoms. The molecule has 1 atom stereocenters. The van der Waals surface area contributed by atoms with Gasteiger partial charge in [0.1, 0.15) is 5.82 Å². The summed E-state index contributed by atoms with van der Waals surface area (Å²) >= 11 is 0. The molecule has 1 unspecified atom stereocenters. The first kappa shape index (κ1) is 21.6. The highest BCUT2D eigenvalue weighted by Crippen LogP contribution is 2.46. The van der Waals surface area contributed by atoms with Crippen LogP contribution in [0.4, 0.5) is 15.8 Å². The van der Waals surface area contributed by atoms with E-state index in [1.54, 1.807) is 0 Å². The highest BCUT2D eigenvalue weighted by Gasteiger charge is 2.39. The quantitative estimate of drug-likeness (QED) is 0.729. The van der Waals surface area contributed by atoms with Crippen molar-refractivity contribution in [1.82, 2.24) is 4.72 Å². The van der Waals surface area contributed by atoms with Crippen molar-refractivity contribution in [1.29, 1.82) is 0 Å². The minimum Gasteiger partial charge on any atom is -0.378 e. The molecule has 1 saturated carbocycles. The highest BCUT2D eigenvalue weighted by molar-refractivity contribution is 7.91. The molecule has 0 saturated heterocycles. The number of nitrogens with zero attached hydrogens (tertiary/aromatic N) is 1. The molecule has 1 heterocycles. The number of halogens is 1. The Balaban J connectivity index is 1.74. The second kappa shape index (κ2) is 7.51. The van der Waals surface area contributed by atoms with Crippen molar-refractivity contribution in [2.75, 3.05) is 24.3 Å². The number of carbonyl (C=O) groups is 1. The van der Waals surface area contributed by atoms with E-state index in [4.69, 9.17) is 0 Å². The summed E-state index contributed by atoms with van der Waals surface area (Å²) in [5, 5.41) is 2.87. The molecule has 4 rings (SSSR count). The maximum atomic E-state index is 14.5. The molecule has 2 N–H and O–H groups in total. The van der Waals surface area contributed by atoms with Crippen molar-refractivity contribution in [2.45, 2.75) is 49.8 Å². The van der Waals surface area contributed by atoms with Gasteiger partial charge in [0.15, 0.2) is 0 Å². The van der Waals surface area contributed by atoms with Crippen molar-refractivity contribution in [2.24, 2.45) is 0 Å². The Morgan fingerprint density at radius 1 is 1.19 bits per heavy atom. The molecular weight excluding hydrogens is 417 g/mol. The highest BCUT2D eigenvalue weighted by atomic mass is 32.2. The van der Waals surface area contributed by atoms with E-state index < -0.39 is 32.4 Å². The van der Waals surface area contributed by atoms with Gasteiger partial charge in [-0.15, -0.1) is 0 Å². The van der Waals surface area contributed by atoms with Crippen molar-refractivity contribution < 1.29 is 17.6 Å². The van der Waals surface area contributed by atoms with Gasteiger partial charge in [-0.3, -0.25) is 4.79 Å². The smallest absolute Gasteiger partial charge is 0.266 e. The van der Waals surface area contributed by atoms with Crippen LogP contribution in [0.15, 0.2) is 36.4 Å². The molecule has 0 spiro atoms. The molecule has 1 aliphatic carbocycles. The molecule has 166 valence electrons. The molecule has 2 aromatic carbocycles. The molecule has 1 aliphatic heterocycles. The van der Waals surface area contributed by atoms with Crippen LogP contribution < -0.4 is 14.9 Å². The lowest BCUT2D eigenvalue weighted by Gasteiger charge is -2.40. The lowest BCUT2D eigenvalue weighted by molar-refractivity contribution is 0.0981. The summed E-state index contributed by atoms with van der Waals surface area (Å²) in [6, 6.07) is 10.5. The predicted molar refractivity (Wildman–Crippen MR) is 121 cm³/mol. The Bertz CT molecular complexity index is 1140. The number of carbonyl (C=O) groups excluding carboxylic acids is 1. The van der Waals surface area contributed by atoms with Gasteiger partial charge in [0.05, 0.1) is 22.5 Å². The van der Waals surface area contributed by atoms with Crippen molar-refractivity contribution in [3.8, 4) is 0 Å². The van der Waals surface area contributed by atoms with E-state index in [0.29, 0.717) is 30.5 Å². The van der Waals surface area contributed by atoms with Crippen molar-refractivity contribution in [3.63, 3.8) is 0 Å². The predicted octanol–water partition coefficient (Wildman–Crippen LogP) is 3.95. The molecule has 31 heavy (non-hydrogen) atoms. The summed E-state index contributed by atoms with van der Waals surface area (Å²) in [7, 11) is 0.202. The lowest BCUT2D eigenvalue weighted by Crippen LogP contribution is -2.36. The normalized spacial score (nSPS) is 19.8. The van der Waals surface area contributed by atoms with Gasteiger partial charge in [-0.05, 0) is 60.1 Å². The van der Waals surface area contributed by atoms with Crippen molar-refractivity contribution >= 4 is 27.3 Å². The van der Waals surface area contributed by atoms with E-state index in [0.717, 1.165) is 17.3 Å². The SMILES string of the molecule is CN(C)c1cccc(C2CC(C)(C)c3cc(F)cc(C(=O)NS(=O)(=O)C4CC4)c3N2)c1. The van der Waals surface area contributed by atoms with Crippen LogP contribution in [0.2, 0.25) is 0 Å². The second-order valence-electron chi connectivity index (χ2n) is 9.33. The molecule has 0 radical (unpaired) electrons. The topological polar surface area (TPSA) is 78.5 Å². The molecule has 6 nitrogen and oxygen atoms in total. The van der Waals surface area contributed by atoms with Gasteiger partial charge < -0.3 is 10.2 Å². The van der Waals surface area contributed by atoms with E-state index in [1.807, 2.05) is 51.0 Å². The Kier molecular flexibility index (Phi) is 5.24. The van der Waals surface area contributed by atoms with Crippen LogP contribution in [0, 0.1) is 5.82 Å². The second-order valence-corrected chi connectivity index (χ2v) is 11.3. The number of hydrogen-bond acceptors (Lipinski definition) is 5. The summed E-state index contributed by atoms with van der Waals surface area (Å²) in [6.07, 6.45) is 1.78. The van der Waals surface area contributed by atoms with Gasteiger partial charge in [-0.1, -0.05) is 26.0 Å². The third-order valence-corrected chi connectivity index (χ3v) is 7.92. The van der Waals surface area contributed by atoms with Gasteiger partial charge in [-0.2, -0.15) is 0 Å². The van der Waals surface area contributed by atoms with E-state index in [2.05, 4.69) is 16.1 Å². The van der Waals surface area contributed by atoms with Gasteiger partial charge >= 0.3 is 0 Å². The summed E-state index contributed by atoms with van der Waals surface area (Å²) in [4.78, 5) is 14.9. The largest absolute Gasteiger partial charge is 0.378 e. The summed E-state index contributed by atoms with van der Waals surface area (Å²) in [5.74, 6) is -1.36. The molecule has 1 fully saturated rings. The van der Waals surface area contributed by atoms with Crippen molar-refractivity contribution in [3.05, 3.63) is 58.9 Å². The zero-order chi connectivity index (χ0) is 22.6. The fraction of sp³-hybridized carbons (Fsp3) is 0.435. The van der Waals surface area contributed by atoms with Crippen LogP contribution in [-0.4, -0.2) is 33.7 Å². The molecule has 2 aliphatic rings. The zero-order valence-corrected chi connectivity index (χ0v) is 19.0. The standard InChI is InChI=1S/C23H28FN3O3S/c1-23(2)13-20(14-6-5-7-16(10-14)27(3)4)25-21-18(11-15(24)12-19(21)23)22(28)26-31(29,30)17-8-9-17/h5-7,10-12,17,20,25H,8-9,13H2,1-4H3,(H,26,28). The van der Waals surface area contributed by atoms with Crippen LogP contribution in [0.5, 0.6) is 0 Å². The Hall–Kier alpha value is -2.61. The van der Waals surface area contributed by atoms with Crippen LogP contribution in [-0.2, 0) is 15.4 Å². The minimum atomic E-state index is -3.74. The van der Waals surface area contributed by atoms with E-state index >= 15 is 0 Å². The number of anilines is 2. The minimum absolute atomic E-state index is 0.0146. The monoisotopic (exact) mass is 445 g/mol. The van der Waals surface area contributed by atoms with Crippen LogP contribution in [0.25, 0.3) is 0 Å². The molecular formula is C23H28FN3O3S. The Labute approximate surface area is 182 Å². The molecule has 0 aromatic heterocycles. The first-order chi connectivity index (χ1) is 14.5. The number of rotatable bonds is 5. The number of sulfonamides is 1. The average Bonchev–Trinajstić information content (AvgIpc) is 3.53. The fourth-order valence-corrected chi connectivity index (χ4v) is 5.48. The van der Waals surface area contributed by atoms with Gasteiger partial charge in [-0.25, -0.2) is 17.5 Å². The van der Waals surface area contributed by atoms with Gasteiger partial charge in [0, 0.05) is 19.8 Å². The number of amides is 1. The summed E-state index contributed by atoms with van der Waals surface area (Å²) in [6.45, 7) is 4.02. The van der Waals surface area contributed by atoms with Crippen LogP contribution in [0.1, 0.15) is 60.6 Å². The zero-order valence-electron chi connectivity index (χ0n) is 18.2. The van der Waals surface area contributed by atoms with Gasteiger partial charge in [0.25, 0.3) is 5.91 Å². The lowest BCUT2D eigenvalue weighted by atomic mass is 9.73. The average molecular weight is 446 g/mol. The third kappa shape index (κ3) is 4.26. The maximum Gasteiger partial charge on any atom is 0.266 e. The summed E-state index contributed by atoms with van der Waals surface area (Å²) < 4.78 is 41.2.